The van der Waals surface area contributed by atoms with Gasteiger partial charge in [-0.1, -0.05) is 23.7 Å². The maximum atomic E-state index is 13.5. The highest BCUT2D eigenvalue weighted by Crippen LogP contribution is 2.37. The van der Waals surface area contributed by atoms with Crippen molar-refractivity contribution in [3.05, 3.63) is 56.9 Å². The molecule has 6 nitrogen and oxygen atoms in total. The van der Waals surface area contributed by atoms with E-state index < -0.39 is 0 Å². The number of halogens is 1. The van der Waals surface area contributed by atoms with Crippen molar-refractivity contribution < 1.29 is 19.1 Å². The van der Waals surface area contributed by atoms with Gasteiger partial charge < -0.3 is 14.4 Å². The van der Waals surface area contributed by atoms with Crippen LogP contribution in [0.25, 0.3) is 5.57 Å². The zero-order valence-electron chi connectivity index (χ0n) is 16.6. The van der Waals surface area contributed by atoms with Crippen LogP contribution in [-0.2, 0) is 19.1 Å². The average Bonchev–Trinajstić information content (AvgIpc) is 3.31. The number of ether oxygens (including phenoxy) is 2. The number of carbonyl (C=O) groups excluding carboxylic acids is 2. The van der Waals surface area contributed by atoms with Gasteiger partial charge in [-0.25, -0.2) is 4.90 Å². The van der Waals surface area contributed by atoms with Gasteiger partial charge in [-0.15, -0.1) is 11.3 Å². The summed E-state index contributed by atoms with van der Waals surface area (Å²) in [6.07, 6.45) is 0. The third-order valence-electron chi connectivity index (χ3n) is 4.69. The van der Waals surface area contributed by atoms with E-state index in [9.17, 15) is 9.59 Å². The summed E-state index contributed by atoms with van der Waals surface area (Å²) in [6.45, 7) is 3.64. The van der Waals surface area contributed by atoms with E-state index in [0.717, 1.165) is 10.4 Å². The fourth-order valence-corrected chi connectivity index (χ4v) is 4.09. The molecule has 0 aliphatic carbocycles. The van der Waals surface area contributed by atoms with Crippen molar-refractivity contribution in [3.8, 4) is 0 Å². The minimum absolute atomic E-state index is 0.354. The van der Waals surface area contributed by atoms with Crippen LogP contribution in [0.2, 0.25) is 5.02 Å². The molecule has 0 spiro atoms. The summed E-state index contributed by atoms with van der Waals surface area (Å²) in [4.78, 5) is 30.7. The number of thiophene rings is 1. The topological polar surface area (TPSA) is 59.1 Å². The molecule has 0 N–H and O–H groups in total. The highest BCUT2D eigenvalue weighted by molar-refractivity contribution is 7.11. The molecule has 0 atom stereocenters. The van der Waals surface area contributed by atoms with Gasteiger partial charge in [0.25, 0.3) is 11.8 Å². The molecule has 0 saturated carbocycles. The predicted molar refractivity (Wildman–Crippen MR) is 115 cm³/mol. The van der Waals surface area contributed by atoms with Crippen molar-refractivity contribution in [2.75, 3.05) is 45.4 Å². The van der Waals surface area contributed by atoms with Gasteiger partial charge in [0.05, 0.1) is 24.5 Å². The number of aryl methyl sites for hydroxylation is 1. The summed E-state index contributed by atoms with van der Waals surface area (Å²) in [7, 11) is 3.20. The van der Waals surface area contributed by atoms with Crippen molar-refractivity contribution >= 4 is 46.0 Å². The van der Waals surface area contributed by atoms with Crippen LogP contribution in [0.1, 0.15) is 10.4 Å². The van der Waals surface area contributed by atoms with Crippen molar-refractivity contribution in [1.82, 2.24) is 4.90 Å². The van der Waals surface area contributed by atoms with E-state index in [-0.39, 0.29) is 11.8 Å². The van der Waals surface area contributed by atoms with Gasteiger partial charge in [-0.3, -0.25) is 9.59 Å². The lowest BCUT2D eigenvalue weighted by molar-refractivity contribution is -0.120. The summed E-state index contributed by atoms with van der Waals surface area (Å²) in [5.41, 5.74) is 2.10. The zero-order valence-corrected chi connectivity index (χ0v) is 18.2. The van der Waals surface area contributed by atoms with Crippen LogP contribution in [0.15, 0.2) is 41.4 Å². The summed E-state index contributed by atoms with van der Waals surface area (Å²) >= 11 is 7.68. The fourth-order valence-electron chi connectivity index (χ4n) is 3.15. The average molecular weight is 435 g/mol. The minimum atomic E-state index is -0.370. The molecule has 8 heteroatoms. The molecule has 1 aromatic carbocycles. The first-order valence-electron chi connectivity index (χ1n) is 9.15. The van der Waals surface area contributed by atoms with Crippen molar-refractivity contribution in [3.63, 3.8) is 0 Å². The molecule has 1 aliphatic heterocycles. The van der Waals surface area contributed by atoms with Gasteiger partial charge in [0.2, 0.25) is 0 Å². The van der Waals surface area contributed by atoms with Gasteiger partial charge in [0.1, 0.15) is 5.70 Å². The zero-order chi connectivity index (χ0) is 21.0. The highest BCUT2D eigenvalue weighted by Gasteiger charge is 2.42. The van der Waals surface area contributed by atoms with Gasteiger partial charge in [-0.05, 0) is 36.1 Å². The van der Waals surface area contributed by atoms with Gasteiger partial charge in [-0.2, -0.15) is 0 Å². The lowest BCUT2D eigenvalue weighted by Crippen LogP contribution is -2.37. The van der Waals surface area contributed by atoms with Crippen molar-refractivity contribution in [2.45, 2.75) is 6.92 Å². The van der Waals surface area contributed by atoms with Crippen LogP contribution in [0.4, 0.5) is 5.69 Å². The second-order valence-corrected chi connectivity index (χ2v) is 7.91. The first kappa shape index (κ1) is 21.5. The van der Waals surface area contributed by atoms with Crippen molar-refractivity contribution in [1.29, 1.82) is 0 Å². The Balaban J connectivity index is 2.08. The van der Waals surface area contributed by atoms with E-state index >= 15 is 0 Å². The third kappa shape index (κ3) is 4.38. The SMILES string of the molecule is COCCN(CCOC)C1=C(c2cccs2)C(=O)N(c2ccc(C)c(Cl)c2)C1=O. The Morgan fingerprint density at radius 1 is 1.07 bits per heavy atom. The Kier molecular flexibility index (Phi) is 7.08. The first-order chi connectivity index (χ1) is 14.0. The molecule has 154 valence electrons. The number of methoxy groups -OCH3 is 2. The molecule has 0 radical (unpaired) electrons. The number of hydrogen-bond donors (Lipinski definition) is 0. The second-order valence-electron chi connectivity index (χ2n) is 6.55. The summed E-state index contributed by atoms with van der Waals surface area (Å²) in [6, 6.07) is 8.90. The lowest BCUT2D eigenvalue weighted by Gasteiger charge is -2.25. The first-order valence-corrected chi connectivity index (χ1v) is 10.4. The second kappa shape index (κ2) is 9.54. The minimum Gasteiger partial charge on any atom is -0.383 e. The van der Waals surface area contributed by atoms with Gasteiger partial charge in [0.15, 0.2) is 0 Å². The van der Waals surface area contributed by atoms with Crippen LogP contribution in [0.5, 0.6) is 0 Å². The molecule has 1 aromatic heterocycles. The van der Waals surface area contributed by atoms with E-state index in [4.69, 9.17) is 21.1 Å². The molecular weight excluding hydrogens is 412 g/mol. The Morgan fingerprint density at radius 2 is 1.76 bits per heavy atom. The van der Waals surface area contributed by atoms with Crippen LogP contribution in [0.3, 0.4) is 0 Å². The normalized spacial score (nSPS) is 14.3. The molecule has 0 bridgehead atoms. The standard InChI is InChI=1S/C21H23ClN2O4S/c1-14-6-7-15(13-16(14)22)24-20(25)18(17-5-4-12-29-17)19(21(24)26)23(8-10-27-2)9-11-28-3/h4-7,12-13H,8-11H2,1-3H3. The number of carbonyl (C=O) groups is 2. The Labute approximate surface area is 179 Å². The molecule has 2 amide bonds. The lowest BCUT2D eigenvalue weighted by atomic mass is 10.1. The largest absolute Gasteiger partial charge is 0.383 e. The Morgan fingerprint density at radius 3 is 2.31 bits per heavy atom. The third-order valence-corrected chi connectivity index (χ3v) is 5.98. The molecule has 1 aliphatic rings. The van der Waals surface area contributed by atoms with E-state index in [2.05, 4.69) is 0 Å². The molecule has 2 heterocycles. The number of benzene rings is 1. The molecule has 29 heavy (non-hydrogen) atoms. The number of amides is 2. The maximum Gasteiger partial charge on any atom is 0.282 e. The van der Waals surface area contributed by atoms with Crippen LogP contribution >= 0.6 is 22.9 Å². The monoisotopic (exact) mass is 434 g/mol. The van der Waals surface area contributed by atoms with Crippen LogP contribution < -0.4 is 4.90 Å². The predicted octanol–water partition coefficient (Wildman–Crippen LogP) is 3.59. The van der Waals surface area contributed by atoms with Crippen LogP contribution in [0, 0.1) is 6.92 Å². The number of imide groups is 1. The summed E-state index contributed by atoms with van der Waals surface area (Å²) < 4.78 is 10.4. The molecule has 3 rings (SSSR count). The fraction of sp³-hybridized carbons (Fsp3) is 0.333. The number of anilines is 1. The quantitative estimate of drug-likeness (QED) is 0.564. The maximum absolute atomic E-state index is 13.5. The molecule has 0 saturated heterocycles. The number of nitrogens with zero attached hydrogens (tertiary/aromatic N) is 2. The number of rotatable bonds is 9. The summed E-state index contributed by atoms with van der Waals surface area (Å²) in [5, 5.41) is 2.39. The van der Waals surface area contributed by atoms with Crippen LogP contribution in [-0.4, -0.2) is 57.2 Å². The van der Waals surface area contributed by atoms with E-state index in [1.54, 1.807) is 32.4 Å². The van der Waals surface area contributed by atoms with E-state index in [1.165, 1.54) is 16.2 Å². The van der Waals surface area contributed by atoms with Gasteiger partial charge in [0, 0.05) is 37.2 Å². The van der Waals surface area contributed by atoms with E-state index in [0.29, 0.717) is 48.3 Å². The Hall–Kier alpha value is -2.19. The molecule has 0 fully saturated rings. The molecule has 2 aromatic rings. The Bertz CT molecular complexity index is 919. The van der Waals surface area contributed by atoms with E-state index in [1.807, 2.05) is 29.3 Å². The highest BCUT2D eigenvalue weighted by atomic mass is 35.5. The molecular formula is C21H23ClN2O4S. The smallest absolute Gasteiger partial charge is 0.282 e. The molecule has 0 unspecified atom stereocenters. The summed E-state index contributed by atoms with van der Waals surface area (Å²) in [5.74, 6) is -0.724. The number of hydrogen-bond acceptors (Lipinski definition) is 6. The van der Waals surface area contributed by atoms with Gasteiger partial charge >= 0.3 is 0 Å². The van der Waals surface area contributed by atoms with Crippen molar-refractivity contribution in [2.24, 2.45) is 0 Å².